The molecule has 5 rings (SSSR count). The van der Waals surface area contributed by atoms with Gasteiger partial charge in [-0.15, -0.1) is 24.8 Å². The summed E-state index contributed by atoms with van der Waals surface area (Å²) < 4.78 is 5.35. The van der Waals surface area contributed by atoms with E-state index in [0.717, 1.165) is 7.25 Å². The molecule has 5 aliphatic rings. The van der Waals surface area contributed by atoms with Gasteiger partial charge in [0.1, 0.15) is 0 Å². The van der Waals surface area contributed by atoms with E-state index in [4.69, 9.17) is 0 Å². The molecule has 1 saturated heterocycles. The molecule has 4 aliphatic carbocycles. The molecule has 138 valence electrons. The normalized spacial score (nSPS) is 32.2. The second kappa shape index (κ2) is 7.45. The van der Waals surface area contributed by atoms with Gasteiger partial charge in [-0.1, -0.05) is 0 Å². The van der Waals surface area contributed by atoms with Crippen LogP contribution >= 0.6 is 24.8 Å². The van der Waals surface area contributed by atoms with E-state index in [1.165, 1.54) is 51.4 Å². The zero-order valence-electron chi connectivity index (χ0n) is 15.7. The maximum absolute atomic E-state index is 2.64. The van der Waals surface area contributed by atoms with Crippen molar-refractivity contribution in [2.24, 2.45) is 0 Å². The Bertz CT molecular complexity index is 635. The number of hydrogen-bond donors (Lipinski definition) is 0. The molecule has 3 heteroatoms. The van der Waals surface area contributed by atoms with Crippen LogP contribution in [0, 0.1) is 0 Å². The van der Waals surface area contributed by atoms with Gasteiger partial charge in [-0.05, 0) is 0 Å². The Balaban J connectivity index is 0.000000911. The first-order valence-electron chi connectivity index (χ1n) is 10.0. The first-order valence-corrected chi connectivity index (χ1v) is 16.3. The van der Waals surface area contributed by atoms with Crippen LogP contribution in [0.15, 0.2) is 45.6 Å². The number of allylic oxidation sites excluding steroid dienone is 8. The van der Waals surface area contributed by atoms with Gasteiger partial charge in [-0.2, -0.15) is 0 Å². The summed E-state index contributed by atoms with van der Waals surface area (Å²) in [5.74, 6) is 0. The fraction of sp³-hybridized carbons (Fsp3) is 0.636. The molecule has 0 saturated carbocycles. The van der Waals surface area contributed by atoms with E-state index in [0.29, 0.717) is 0 Å². The minimum absolute atomic E-state index is 0. The summed E-state index contributed by atoms with van der Waals surface area (Å²) >= 11 is -2.08. The Kier molecular flexibility index (Phi) is 6.01. The number of halogens is 2. The topological polar surface area (TPSA) is 0 Å². The van der Waals surface area contributed by atoms with Gasteiger partial charge in [0.2, 0.25) is 0 Å². The fourth-order valence-electron chi connectivity index (χ4n) is 6.65. The van der Waals surface area contributed by atoms with E-state index in [1.807, 2.05) is 11.1 Å². The van der Waals surface area contributed by atoms with E-state index < -0.39 is 20.3 Å². The first-order chi connectivity index (χ1) is 11.2. The minimum Gasteiger partial charge on any atom is -0.147 e. The zero-order valence-corrected chi connectivity index (χ0v) is 19.8. The smallest absolute Gasteiger partial charge is 0.147 e. The predicted molar refractivity (Wildman–Crippen MR) is 110 cm³/mol. The van der Waals surface area contributed by atoms with Crippen LogP contribution in [0.3, 0.4) is 0 Å². The number of hydrogen-bond acceptors (Lipinski definition) is 0. The van der Waals surface area contributed by atoms with Gasteiger partial charge in [0, 0.05) is 0 Å². The van der Waals surface area contributed by atoms with Gasteiger partial charge in [-0.3, -0.25) is 0 Å². The molecule has 0 aromatic carbocycles. The Labute approximate surface area is 170 Å². The van der Waals surface area contributed by atoms with Crippen molar-refractivity contribution in [2.75, 3.05) is 0 Å². The molecule has 1 fully saturated rings. The summed E-state index contributed by atoms with van der Waals surface area (Å²) in [5, 5.41) is 0. The predicted octanol–water partition coefficient (Wildman–Crippen LogP) is 8.07. The third-order valence-corrected chi connectivity index (χ3v) is 21.2. The molecule has 1 aliphatic heterocycles. The Morgan fingerprint density at radius 2 is 1.08 bits per heavy atom. The second-order valence-electron chi connectivity index (χ2n) is 8.89. The summed E-state index contributed by atoms with van der Waals surface area (Å²) in [6.07, 6.45) is 16.7. The van der Waals surface area contributed by atoms with E-state index in [-0.39, 0.29) is 24.8 Å². The summed E-state index contributed by atoms with van der Waals surface area (Å²) in [5.41, 5.74) is 11.1. The van der Waals surface area contributed by atoms with Crippen molar-refractivity contribution in [1.82, 2.24) is 0 Å². The standard InChI is InChI=1S/2C10H13.C2H4.2ClH.Zr/c2*1-8-6-9-4-2-3-5-10(9)7-8;1-2;;;/h2*6-7H,2-5H2,1H3;1-2H2;2*1H;. The third-order valence-electron chi connectivity index (χ3n) is 7.50. The number of rotatable bonds is 2. The van der Waals surface area contributed by atoms with Crippen LogP contribution in [-0.4, -0.2) is 0 Å². The quantitative estimate of drug-likeness (QED) is 0.392. The van der Waals surface area contributed by atoms with E-state index >= 15 is 0 Å². The summed E-state index contributed by atoms with van der Waals surface area (Å²) in [4.78, 5) is 0. The summed E-state index contributed by atoms with van der Waals surface area (Å²) in [7, 11) is 0. The van der Waals surface area contributed by atoms with Gasteiger partial charge in [-0.25, -0.2) is 0 Å². The van der Waals surface area contributed by atoms with E-state index in [9.17, 15) is 0 Å². The van der Waals surface area contributed by atoms with Crippen LogP contribution in [0.1, 0.15) is 65.2 Å². The maximum Gasteiger partial charge on any atom is -0.147 e. The van der Waals surface area contributed by atoms with E-state index in [2.05, 4.69) is 26.0 Å². The van der Waals surface area contributed by atoms with Crippen molar-refractivity contribution >= 4 is 24.8 Å². The average Bonchev–Trinajstić information content (AvgIpc) is 3.13. The Hall–Kier alpha value is 0.423. The molecule has 2 atom stereocenters. The molecule has 2 unspecified atom stereocenters. The van der Waals surface area contributed by atoms with Crippen LogP contribution in [0.4, 0.5) is 0 Å². The monoisotopic (exact) mass is 456 g/mol. The molecule has 0 aromatic rings. The molecule has 25 heavy (non-hydrogen) atoms. The van der Waals surface area contributed by atoms with Crippen LogP contribution in [0.25, 0.3) is 0 Å². The molecule has 1 heterocycles. The van der Waals surface area contributed by atoms with Crippen molar-refractivity contribution in [3.05, 3.63) is 45.6 Å². The van der Waals surface area contributed by atoms with Gasteiger partial charge in [0.05, 0.1) is 0 Å². The molecule has 0 radical (unpaired) electrons. The Morgan fingerprint density at radius 3 is 1.48 bits per heavy atom. The Morgan fingerprint density at radius 1 is 0.680 bits per heavy atom. The van der Waals surface area contributed by atoms with Crippen LogP contribution in [-0.2, 0) is 20.3 Å². The van der Waals surface area contributed by atoms with Crippen LogP contribution in [0.2, 0.25) is 15.5 Å². The maximum atomic E-state index is 2.64. The molecule has 0 N–H and O–H groups in total. The van der Waals surface area contributed by atoms with Crippen LogP contribution < -0.4 is 0 Å². The molecule has 0 amide bonds. The van der Waals surface area contributed by atoms with Crippen molar-refractivity contribution in [2.45, 2.75) is 80.7 Å². The van der Waals surface area contributed by atoms with Crippen molar-refractivity contribution in [1.29, 1.82) is 0 Å². The molecule has 0 spiro atoms. The van der Waals surface area contributed by atoms with Gasteiger partial charge in [0.15, 0.2) is 0 Å². The molecule has 0 aromatic heterocycles. The SMILES string of the molecule is CC1=CC2=C(CCCC2)[CH]1[Zr]1([CH]2C(C)=CC3=C2CCCC3)[CH2][CH2]1.Cl.Cl. The largest absolute Gasteiger partial charge is 0.147 e. The summed E-state index contributed by atoms with van der Waals surface area (Å²) in [6, 6.07) is 0. The third kappa shape index (κ3) is 3.05. The van der Waals surface area contributed by atoms with Gasteiger partial charge >= 0.3 is 147 Å². The van der Waals surface area contributed by atoms with E-state index in [1.54, 1.807) is 30.5 Å². The van der Waals surface area contributed by atoms with Crippen molar-refractivity contribution in [3.8, 4) is 0 Å². The van der Waals surface area contributed by atoms with Crippen molar-refractivity contribution in [3.63, 3.8) is 0 Å². The fourth-order valence-corrected chi connectivity index (χ4v) is 25.1. The minimum atomic E-state index is -2.08. The summed E-state index contributed by atoms with van der Waals surface area (Å²) in [6.45, 7) is 4.98. The van der Waals surface area contributed by atoms with Gasteiger partial charge < -0.3 is 0 Å². The van der Waals surface area contributed by atoms with Crippen molar-refractivity contribution < 1.29 is 20.3 Å². The average molecular weight is 459 g/mol. The zero-order chi connectivity index (χ0) is 15.6. The molecule has 0 nitrogen and oxygen atoms in total. The van der Waals surface area contributed by atoms with Crippen LogP contribution in [0.5, 0.6) is 0 Å². The van der Waals surface area contributed by atoms with Gasteiger partial charge in [0.25, 0.3) is 0 Å². The first kappa shape index (κ1) is 20.2. The molecule has 0 bridgehead atoms. The second-order valence-corrected chi connectivity index (χ2v) is 20.2. The molecular formula is C22H32Cl2Zr. The molecular weight excluding hydrogens is 426 g/mol.